The summed E-state index contributed by atoms with van der Waals surface area (Å²) < 4.78 is 5.43. The van der Waals surface area contributed by atoms with Crippen LogP contribution in [-0.2, 0) is 4.74 Å². The van der Waals surface area contributed by atoms with Crippen LogP contribution in [0.25, 0.3) is 0 Å². The molecule has 2 rings (SSSR count). The van der Waals surface area contributed by atoms with Gasteiger partial charge >= 0.3 is 0 Å². The number of rotatable bonds is 5. The molecule has 106 valence electrons. The zero-order chi connectivity index (χ0) is 14.5. The highest BCUT2D eigenvalue weighted by Gasteiger charge is 2.14. The van der Waals surface area contributed by atoms with Crippen LogP contribution >= 0.6 is 11.3 Å². The molecule has 0 saturated heterocycles. The van der Waals surface area contributed by atoms with Gasteiger partial charge in [-0.2, -0.15) is 11.3 Å². The van der Waals surface area contributed by atoms with Crippen LogP contribution in [0.1, 0.15) is 33.2 Å². The number of hydrogen-bond acceptors (Lipinski definition) is 3. The molecule has 0 aliphatic rings. The van der Waals surface area contributed by atoms with E-state index in [9.17, 15) is 4.79 Å². The second-order valence-corrected chi connectivity index (χ2v) is 5.59. The summed E-state index contributed by atoms with van der Waals surface area (Å²) in [6.45, 7) is 4.40. The summed E-state index contributed by atoms with van der Waals surface area (Å²) in [7, 11) is 1.66. The minimum absolute atomic E-state index is 0.0523. The molecule has 1 aromatic carbocycles. The molecule has 0 spiro atoms. The standard InChI is InChI=1S/C16H19NO2S/c1-11-4-5-12(2)14(8-11)16(18)17-9-15(19-3)13-6-7-20-10-13/h4-8,10,15H,9H2,1-3H3,(H,17,18). The fraction of sp³-hybridized carbons (Fsp3) is 0.312. The highest BCUT2D eigenvalue weighted by molar-refractivity contribution is 7.07. The van der Waals surface area contributed by atoms with Crippen LogP contribution in [0.4, 0.5) is 0 Å². The lowest BCUT2D eigenvalue weighted by molar-refractivity contribution is 0.0828. The van der Waals surface area contributed by atoms with Crippen LogP contribution in [0.15, 0.2) is 35.0 Å². The Balaban J connectivity index is 2.03. The van der Waals surface area contributed by atoms with Crippen LogP contribution in [0, 0.1) is 13.8 Å². The molecular weight excluding hydrogens is 270 g/mol. The number of thiophene rings is 1. The van der Waals surface area contributed by atoms with E-state index in [4.69, 9.17) is 4.74 Å². The van der Waals surface area contributed by atoms with E-state index in [0.29, 0.717) is 6.54 Å². The minimum Gasteiger partial charge on any atom is -0.375 e. The van der Waals surface area contributed by atoms with Gasteiger partial charge in [0.05, 0.1) is 0 Å². The molecule has 4 heteroatoms. The number of methoxy groups -OCH3 is 1. The molecule has 1 amide bonds. The second-order valence-electron chi connectivity index (χ2n) is 4.81. The van der Waals surface area contributed by atoms with Gasteiger partial charge in [-0.25, -0.2) is 0 Å². The Kier molecular flexibility index (Phi) is 4.93. The number of amides is 1. The average molecular weight is 289 g/mol. The maximum absolute atomic E-state index is 12.2. The number of nitrogens with one attached hydrogen (secondary N) is 1. The van der Waals surface area contributed by atoms with Gasteiger partial charge in [0.2, 0.25) is 0 Å². The van der Waals surface area contributed by atoms with Crippen molar-refractivity contribution in [1.82, 2.24) is 5.32 Å². The molecule has 1 unspecified atom stereocenters. The van der Waals surface area contributed by atoms with E-state index in [-0.39, 0.29) is 12.0 Å². The third kappa shape index (κ3) is 3.46. The zero-order valence-electron chi connectivity index (χ0n) is 12.0. The van der Waals surface area contributed by atoms with Crippen LogP contribution in [0.5, 0.6) is 0 Å². The van der Waals surface area contributed by atoms with E-state index in [0.717, 1.165) is 22.3 Å². The molecule has 1 heterocycles. The lowest BCUT2D eigenvalue weighted by Gasteiger charge is -2.15. The van der Waals surface area contributed by atoms with E-state index in [1.165, 1.54) is 0 Å². The van der Waals surface area contributed by atoms with Crippen LogP contribution in [0.2, 0.25) is 0 Å². The third-order valence-electron chi connectivity index (χ3n) is 3.29. The van der Waals surface area contributed by atoms with Gasteiger partial charge in [-0.1, -0.05) is 17.7 Å². The number of ether oxygens (including phenoxy) is 1. The van der Waals surface area contributed by atoms with E-state index >= 15 is 0 Å². The first-order chi connectivity index (χ1) is 9.61. The average Bonchev–Trinajstić information content (AvgIpc) is 2.96. The fourth-order valence-electron chi connectivity index (χ4n) is 2.06. The molecule has 0 fully saturated rings. The number of benzene rings is 1. The Morgan fingerprint density at radius 1 is 1.35 bits per heavy atom. The van der Waals surface area contributed by atoms with Crippen molar-refractivity contribution in [2.24, 2.45) is 0 Å². The highest BCUT2D eigenvalue weighted by atomic mass is 32.1. The van der Waals surface area contributed by atoms with Gasteiger partial charge in [0.1, 0.15) is 6.10 Å². The summed E-state index contributed by atoms with van der Waals surface area (Å²) in [6.07, 6.45) is -0.102. The van der Waals surface area contributed by atoms with Crippen molar-refractivity contribution in [3.05, 3.63) is 57.3 Å². The Bertz CT molecular complexity index is 578. The first-order valence-electron chi connectivity index (χ1n) is 6.52. The van der Waals surface area contributed by atoms with Crippen molar-refractivity contribution in [3.8, 4) is 0 Å². The molecule has 3 nitrogen and oxygen atoms in total. The summed E-state index contributed by atoms with van der Waals surface area (Å²) in [4.78, 5) is 12.2. The van der Waals surface area contributed by atoms with E-state index in [1.807, 2.05) is 48.9 Å². The van der Waals surface area contributed by atoms with Gasteiger partial charge in [-0.05, 0) is 47.9 Å². The van der Waals surface area contributed by atoms with Crippen molar-refractivity contribution >= 4 is 17.2 Å². The Labute approximate surface area is 123 Å². The molecular formula is C16H19NO2S. The molecule has 1 N–H and O–H groups in total. The van der Waals surface area contributed by atoms with Crippen LogP contribution in [0.3, 0.4) is 0 Å². The third-order valence-corrected chi connectivity index (χ3v) is 3.99. The van der Waals surface area contributed by atoms with Crippen molar-refractivity contribution < 1.29 is 9.53 Å². The van der Waals surface area contributed by atoms with Crippen molar-refractivity contribution in [2.75, 3.05) is 13.7 Å². The van der Waals surface area contributed by atoms with Gasteiger partial charge in [0, 0.05) is 19.2 Å². The summed E-state index contributed by atoms with van der Waals surface area (Å²) in [5.41, 5.74) is 3.89. The van der Waals surface area contributed by atoms with E-state index in [2.05, 4.69) is 5.32 Å². The van der Waals surface area contributed by atoms with Crippen LogP contribution in [-0.4, -0.2) is 19.6 Å². The van der Waals surface area contributed by atoms with Gasteiger partial charge < -0.3 is 10.1 Å². The SMILES string of the molecule is COC(CNC(=O)c1cc(C)ccc1C)c1ccsc1. The summed E-state index contributed by atoms with van der Waals surface area (Å²) in [5.74, 6) is -0.0523. The summed E-state index contributed by atoms with van der Waals surface area (Å²) >= 11 is 1.63. The molecule has 0 saturated carbocycles. The second kappa shape index (κ2) is 6.68. The predicted octanol–water partition coefficient (Wildman–Crippen LogP) is 3.48. The number of aryl methyl sites for hydroxylation is 2. The summed E-state index contributed by atoms with van der Waals surface area (Å²) in [6, 6.07) is 7.91. The normalized spacial score (nSPS) is 12.2. The van der Waals surface area contributed by atoms with Gasteiger partial charge in [0.15, 0.2) is 0 Å². The lowest BCUT2D eigenvalue weighted by Crippen LogP contribution is -2.29. The van der Waals surface area contributed by atoms with Crippen molar-refractivity contribution in [1.29, 1.82) is 0 Å². The molecule has 20 heavy (non-hydrogen) atoms. The monoisotopic (exact) mass is 289 g/mol. The van der Waals surface area contributed by atoms with Crippen molar-refractivity contribution in [3.63, 3.8) is 0 Å². The zero-order valence-corrected chi connectivity index (χ0v) is 12.8. The predicted molar refractivity (Wildman–Crippen MR) is 82.3 cm³/mol. The van der Waals surface area contributed by atoms with Crippen molar-refractivity contribution in [2.45, 2.75) is 20.0 Å². The largest absolute Gasteiger partial charge is 0.375 e. The Morgan fingerprint density at radius 3 is 2.80 bits per heavy atom. The molecule has 0 aliphatic carbocycles. The first-order valence-corrected chi connectivity index (χ1v) is 7.46. The fourth-order valence-corrected chi connectivity index (χ4v) is 2.76. The van der Waals surface area contributed by atoms with E-state index < -0.39 is 0 Å². The minimum atomic E-state index is -0.102. The maximum atomic E-state index is 12.2. The molecule has 0 bridgehead atoms. The topological polar surface area (TPSA) is 38.3 Å². The van der Waals surface area contributed by atoms with Crippen LogP contribution < -0.4 is 5.32 Å². The number of carbonyl (C=O) groups excluding carboxylic acids is 1. The highest BCUT2D eigenvalue weighted by Crippen LogP contribution is 2.19. The quantitative estimate of drug-likeness (QED) is 0.915. The lowest BCUT2D eigenvalue weighted by atomic mass is 10.0. The Hall–Kier alpha value is -1.65. The molecule has 0 radical (unpaired) electrons. The number of carbonyl (C=O) groups is 1. The Morgan fingerprint density at radius 2 is 2.15 bits per heavy atom. The smallest absolute Gasteiger partial charge is 0.251 e. The molecule has 2 aromatic rings. The number of hydrogen-bond donors (Lipinski definition) is 1. The molecule has 0 aliphatic heterocycles. The van der Waals surface area contributed by atoms with Gasteiger partial charge in [-0.15, -0.1) is 0 Å². The van der Waals surface area contributed by atoms with E-state index in [1.54, 1.807) is 18.4 Å². The summed E-state index contributed by atoms with van der Waals surface area (Å²) in [5, 5.41) is 6.99. The molecule has 1 aromatic heterocycles. The first kappa shape index (κ1) is 14.8. The molecule has 1 atom stereocenters. The van der Waals surface area contributed by atoms with Gasteiger partial charge in [0.25, 0.3) is 5.91 Å². The van der Waals surface area contributed by atoms with Gasteiger partial charge in [-0.3, -0.25) is 4.79 Å². The maximum Gasteiger partial charge on any atom is 0.251 e.